The van der Waals surface area contributed by atoms with E-state index in [1.165, 1.54) is 12.8 Å². The molecule has 1 unspecified atom stereocenters. The van der Waals surface area contributed by atoms with E-state index in [-0.39, 0.29) is 17.7 Å². The molecule has 3 atom stereocenters. The highest BCUT2D eigenvalue weighted by Crippen LogP contribution is 2.42. The van der Waals surface area contributed by atoms with E-state index in [2.05, 4.69) is 12.2 Å². The molecular formula is C17H25NO3. The number of rotatable bonds is 2. The van der Waals surface area contributed by atoms with Crippen molar-refractivity contribution < 1.29 is 14.7 Å². The number of allylic oxidation sites excluding steroid dienone is 2. The summed E-state index contributed by atoms with van der Waals surface area (Å²) in [7, 11) is 0. The Morgan fingerprint density at radius 1 is 1.14 bits per heavy atom. The van der Waals surface area contributed by atoms with Crippen molar-refractivity contribution in [2.24, 2.45) is 17.3 Å². The van der Waals surface area contributed by atoms with Crippen LogP contribution in [0.2, 0.25) is 0 Å². The molecule has 1 N–H and O–H groups in total. The van der Waals surface area contributed by atoms with Gasteiger partial charge in [-0.25, -0.2) is 0 Å². The summed E-state index contributed by atoms with van der Waals surface area (Å²) in [6.07, 6.45) is 12.2. The zero-order chi connectivity index (χ0) is 14.9. The SMILES string of the molecule is O=C(O)[C@@H]1CC[C@H](C(=O)N2CCCC3(CC=CCC3)C2)C1. The summed E-state index contributed by atoms with van der Waals surface area (Å²) in [6.45, 7) is 1.74. The van der Waals surface area contributed by atoms with Gasteiger partial charge < -0.3 is 10.0 Å². The Hall–Kier alpha value is -1.32. The third-order valence-electron chi connectivity index (χ3n) is 5.66. The van der Waals surface area contributed by atoms with Crippen LogP contribution in [-0.2, 0) is 9.59 Å². The van der Waals surface area contributed by atoms with Crippen LogP contribution < -0.4 is 0 Å². The second kappa shape index (κ2) is 5.82. The Labute approximate surface area is 126 Å². The predicted molar refractivity (Wildman–Crippen MR) is 79.7 cm³/mol. The number of aliphatic carboxylic acids is 1. The number of nitrogens with zero attached hydrogens (tertiary/aromatic N) is 1. The smallest absolute Gasteiger partial charge is 0.306 e. The highest BCUT2D eigenvalue weighted by Gasteiger charge is 2.41. The Balaban J connectivity index is 1.62. The molecule has 0 aromatic rings. The summed E-state index contributed by atoms with van der Waals surface area (Å²) in [4.78, 5) is 25.8. The number of carboxylic acids is 1. The number of carbonyl (C=O) groups excluding carboxylic acids is 1. The van der Waals surface area contributed by atoms with Gasteiger partial charge in [-0.15, -0.1) is 0 Å². The molecule has 2 aliphatic carbocycles. The first-order valence-electron chi connectivity index (χ1n) is 8.26. The van der Waals surface area contributed by atoms with Crippen molar-refractivity contribution in [2.75, 3.05) is 13.1 Å². The minimum Gasteiger partial charge on any atom is -0.481 e. The van der Waals surface area contributed by atoms with Gasteiger partial charge >= 0.3 is 5.97 Å². The number of likely N-dealkylation sites (tertiary alicyclic amines) is 1. The van der Waals surface area contributed by atoms with Gasteiger partial charge in [-0.1, -0.05) is 12.2 Å². The van der Waals surface area contributed by atoms with E-state index in [1.54, 1.807) is 0 Å². The van der Waals surface area contributed by atoms with E-state index in [9.17, 15) is 9.59 Å². The summed E-state index contributed by atoms with van der Waals surface area (Å²) < 4.78 is 0. The molecule has 1 spiro atoms. The molecule has 0 aromatic heterocycles. The Kier molecular flexibility index (Phi) is 4.05. The number of hydrogen-bond donors (Lipinski definition) is 1. The topological polar surface area (TPSA) is 57.6 Å². The van der Waals surface area contributed by atoms with Gasteiger partial charge in [0.25, 0.3) is 0 Å². The van der Waals surface area contributed by atoms with Gasteiger partial charge in [-0.3, -0.25) is 9.59 Å². The molecule has 1 amide bonds. The minimum absolute atomic E-state index is 0.0552. The standard InChI is InChI=1S/C17H25NO3/c19-15(13-5-6-14(11-13)16(20)21)18-10-4-9-17(12-18)7-2-1-3-8-17/h1-2,13-14H,3-12H2,(H,20,21)/t13-,14+,17?/m0/s1. The van der Waals surface area contributed by atoms with Crippen LogP contribution in [0.3, 0.4) is 0 Å². The van der Waals surface area contributed by atoms with Crippen molar-refractivity contribution in [3.63, 3.8) is 0 Å². The van der Waals surface area contributed by atoms with E-state index in [0.717, 1.165) is 38.8 Å². The molecule has 21 heavy (non-hydrogen) atoms. The van der Waals surface area contributed by atoms with Gasteiger partial charge in [0, 0.05) is 19.0 Å². The molecule has 1 aliphatic heterocycles. The second-order valence-electron chi connectivity index (χ2n) is 7.12. The zero-order valence-corrected chi connectivity index (χ0v) is 12.6. The van der Waals surface area contributed by atoms with Gasteiger partial charge in [0.1, 0.15) is 0 Å². The van der Waals surface area contributed by atoms with Crippen LogP contribution in [0.25, 0.3) is 0 Å². The Morgan fingerprint density at radius 2 is 1.95 bits per heavy atom. The third kappa shape index (κ3) is 2.99. The van der Waals surface area contributed by atoms with Crippen LogP contribution >= 0.6 is 0 Å². The number of piperidine rings is 1. The van der Waals surface area contributed by atoms with Crippen LogP contribution in [-0.4, -0.2) is 35.0 Å². The van der Waals surface area contributed by atoms with Crippen LogP contribution in [0.5, 0.6) is 0 Å². The lowest BCUT2D eigenvalue weighted by Crippen LogP contribution is -2.48. The molecule has 3 rings (SSSR count). The number of amides is 1. The lowest BCUT2D eigenvalue weighted by Gasteiger charge is -2.44. The molecular weight excluding hydrogens is 266 g/mol. The third-order valence-corrected chi connectivity index (χ3v) is 5.66. The van der Waals surface area contributed by atoms with Crippen LogP contribution in [0.1, 0.15) is 51.4 Å². The Morgan fingerprint density at radius 3 is 2.62 bits per heavy atom. The van der Waals surface area contributed by atoms with E-state index >= 15 is 0 Å². The predicted octanol–water partition coefficient (Wildman–Crippen LogP) is 2.84. The molecule has 3 aliphatic rings. The summed E-state index contributed by atoms with van der Waals surface area (Å²) in [6, 6.07) is 0. The molecule has 0 aromatic carbocycles. The fraction of sp³-hybridized carbons (Fsp3) is 0.765. The van der Waals surface area contributed by atoms with E-state index in [0.29, 0.717) is 18.3 Å². The van der Waals surface area contributed by atoms with Gasteiger partial charge in [-0.05, 0) is 56.8 Å². The molecule has 1 saturated heterocycles. The van der Waals surface area contributed by atoms with Gasteiger partial charge in [-0.2, -0.15) is 0 Å². The summed E-state index contributed by atoms with van der Waals surface area (Å²) >= 11 is 0. The maximum absolute atomic E-state index is 12.7. The summed E-state index contributed by atoms with van der Waals surface area (Å²) in [5, 5.41) is 9.09. The van der Waals surface area contributed by atoms with Gasteiger partial charge in [0.15, 0.2) is 0 Å². The van der Waals surface area contributed by atoms with Gasteiger partial charge in [0.05, 0.1) is 5.92 Å². The number of carboxylic acid groups (broad SMARTS) is 1. The fourth-order valence-electron chi connectivity index (χ4n) is 4.40. The van der Waals surface area contributed by atoms with Gasteiger partial charge in [0.2, 0.25) is 5.91 Å². The fourth-order valence-corrected chi connectivity index (χ4v) is 4.40. The maximum atomic E-state index is 12.7. The minimum atomic E-state index is -0.738. The average molecular weight is 291 g/mol. The van der Waals surface area contributed by atoms with E-state index in [4.69, 9.17) is 5.11 Å². The van der Waals surface area contributed by atoms with Crippen molar-refractivity contribution in [2.45, 2.75) is 51.4 Å². The van der Waals surface area contributed by atoms with Crippen LogP contribution in [0.15, 0.2) is 12.2 Å². The molecule has 4 heteroatoms. The van der Waals surface area contributed by atoms with Crippen molar-refractivity contribution >= 4 is 11.9 Å². The van der Waals surface area contributed by atoms with Crippen molar-refractivity contribution in [3.8, 4) is 0 Å². The summed E-state index contributed by atoms with van der Waals surface area (Å²) in [5.74, 6) is -0.888. The normalized spacial score (nSPS) is 36.1. The average Bonchev–Trinajstić information content (AvgIpc) is 2.97. The lowest BCUT2D eigenvalue weighted by molar-refractivity contribution is -0.142. The highest BCUT2D eigenvalue weighted by atomic mass is 16.4. The van der Waals surface area contributed by atoms with Crippen molar-refractivity contribution in [3.05, 3.63) is 12.2 Å². The maximum Gasteiger partial charge on any atom is 0.306 e. The first-order chi connectivity index (χ1) is 10.1. The molecule has 0 radical (unpaired) electrons. The van der Waals surface area contributed by atoms with E-state index < -0.39 is 5.97 Å². The molecule has 1 heterocycles. The largest absolute Gasteiger partial charge is 0.481 e. The first-order valence-corrected chi connectivity index (χ1v) is 8.26. The first kappa shape index (κ1) is 14.6. The van der Waals surface area contributed by atoms with Crippen LogP contribution in [0.4, 0.5) is 0 Å². The van der Waals surface area contributed by atoms with Crippen molar-refractivity contribution in [1.29, 1.82) is 0 Å². The monoisotopic (exact) mass is 291 g/mol. The quantitative estimate of drug-likeness (QED) is 0.796. The number of carbonyl (C=O) groups is 2. The molecule has 4 nitrogen and oxygen atoms in total. The molecule has 1 saturated carbocycles. The number of hydrogen-bond acceptors (Lipinski definition) is 2. The second-order valence-corrected chi connectivity index (χ2v) is 7.12. The van der Waals surface area contributed by atoms with E-state index in [1.807, 2.05) is 4.90 Å². The van der Waals surface area contributed by atoms with Crippen molar-refractivity contribution in [1.82, 2.24) is 4.90 Å². The summed E-state index contributed by atoms with van der Waals surface area (Å²) in [5.41, 5.74) is 0.299. The highest BCUT2D eigenvalue weighted by molar-refractivity contribution is 5.81. The molecule has 0 bridgehead atoms. The molecule has 116 valence electrons. The molecule has 2 fully saturated rings. The Bertz CT molecular complexity index is 459. The van der Waals surface area contributed by atoms with Crippen LogP contribution in [0, 0.1) is 17.3 Å². The zero-order valence-electron chi connectivity index (χ0n) is 12.6. The lowest BCUT2D eigenvalue weighted by atomic mass is 9.71.